The molecule has 1 N–H and O–H groups in total. The van der Waals surface area contributed by atoms with E-state index < -0.39 is 0 Å². The third kappa shape index (κ3) is 4.44. The molecule has 0 aliphatic carbocycles. The van der Waals surface area contributed by atoms with E-state index >= 15 is 0 Å². The number of anilines is 1. The van der Waals surface area contributed by atoms with Crippen LogP contribution in [0.5, 0.6) is 11.6 Å². The van der Waals surface area contributed by atoms with E-state index in [1.807, 2.05) is 31.2 Å². The quantitative estimate of drug-likeness (QED) is 0.450. The maximum atomic E-state index is 5.86. The highest BCUT2D eigenvalue weighted by molar-refractivity contribution is 5.84. The molecule has 0 saturated heterocycles. The summed E-state index contributed by atoms with van der Waals surface area (Å²) < 4.78 is 11.5. The minimum absolute atomic E-state index is 0.258. The van der Waals surface area contributed by atoms with Gasteiger partial charge < -0.3 is 14.8 Å². The fourth-order valence-electron chi connectivity index (χ4n) is 4.08. The van der Waals surface area contributed by atoms with Crippen LogP contribution < -0.4 is 14.8 Å². The van der Waals surface area contributed by atoms with Crippen molar-refractivity contribution in [1.82, 2.24) is 19.9 Å². The Morgan fingerprint density at radius 1 is 0.970 bits per heavy atom. The zero-order chi connectivity index (χ0) is 22.8. The molecule has 1 unspecified atom stereocenters. The number of aromatic nitrogens is 4. The van der Waals surface area contributed by atoms with Crippen LogP contribution in [0.4, 0.5) is 5.82 Å². The zero-order valence-corrected chi connectivity index (χ0v) is 19.1. The van der Waals surface area contributed by atoms with E-state index in [-0.39, 0.29) is 5.92 Å². The SMILES string of the molecule is Cc1ccc2cc(-c3cc(NC[C@@H](C)C(C)c4ccnc5c4OCCO5)ncn3)ccc2n1. The highest BCUT2D eigenvalue weighted by atomic mass is 16.6. The summed E-state index contributed by atoms with van der Waals surface area (Å²) in [6.45, 7) is 8.28. The first-order valence-corrected chi connectivity index (χ1v) is 11.3. The molecular weight excluding hydrogens is 414 g/mol. The summed E-state index contributed by atoms with van der Waals surface area (Å²) >= 11 is 0. The van der Waals surface area contributed by atoms with Gasteiger partial charge in [-0.2, -0.15) is 0 Å². The number of ether oxygens (including phenoxy) is 2. The second-order valence-corrected chi connectivity index (χ2v) is 8.53. The number of hydrogen-bond acceptors (Lipinski definition) is 7. The molecule has 0 bridgehead atoms. The van der Waals surface area contributed by atoms with E-state index in [4.69, 9.17) is 9.47 Å². The Bertz CT molecular complexity index is 1290. The predicted octanol–water partition coefficient (Wildman–Crippen LogP) is 5.02. The lowest BCUT2D eigenvalue weighted by atomic mass is 9.88. The van der Waals surface area contributed by atoms with Gasteiger partial charge in [-0.25, -0.2) is 15.0 Å². The molecule has 7 nitrogen and oxygen atoms in total. The number of nitrogens with one attached hydrogen (secondary N) is 1. The standard InChI is InChI=1S/C26H27N5O2/c1-16(18(3)21-8-9-27-26-25(21)32-10-11-33-26)14-28-24-13-23(29-15-30-24)20-6-7-22-19(12-20)5-4-17(2)31-22/h4-9,12-13,15-16,18H,10-11,14H2,1-3H3,(H,28,29,30)/t16-,18?/m1/s1. The topological polar surface area (TPSA) is 82.1 Å². The lowest BCUT2D eigenvalue weighted by Crippen LogP contribution is -2.21. The largest absolute Gasteiger partial charge is 0.484 e. The Balaban J connectivity index is 1.30. The van der Waals surface area contributed by atoms with Crippen LogP contribution in [0.3, 0.4) is 0 Å². The van der Waals surface area contributed by atoms with E-state index in [2.05, 4.69) is 57.3 Å². The molecule has 4 aromatic rings. The number of fused-ring (bicyclic) bond motifs is 2. The summed E-state index contributed by atoms with van der Waals surface area (Å²) in [7, 11) is 0. The van der Waals surface area contributed by atoms with Crippen LogP contribution in [0.2, 0.25) is 0 Å². The van der Waals surface area contributed by atoms with Crippen molar-refractivity contribution in [3.63, 3.8) is 0 Å². The van der Waals surface area contributed by atoms with Crippen LogP contribution in [0.15, 0.2) is 55.0 Å². The molecular formula is C26H27N5O2. The van der Waals surface area contributed by atoms with Gasteiger partial charge in [0.1, 0.15) is 25.4 Å². The van der Waals surface area contributed by atoms with Crippen molar-refractivity contribution in [3.8, 4) is 22.9 Å². The minimum Gasteiger partial charge on any atom is -0.484 e. The number of benzene rings is 1. The van der Waals surface area contributed by atoms with Crippen LogP contribution in [0, 0.1) is 12.8 Å². The van der Waals surface area contributed by atoms with Crippen LogP contribution in [-0.2, 0) is 0 Å². The third-order valence-corrected chi connectivity index (χ3v) is 6.21. The minimum atomic E-state index is 0.258. The number of hydrogen-bond donors (Lipinski definition) is 1. The van der Waals surface area contributed by atoms with Crippen LogP contribution >= 0.6 is 0 Å². The first kappa shape index (κ1) is 21.1. The van der Waals surface area contributed by atoms with E-state index in [0.29, 0.717) is 25.0 Å². The van der Waals surface area contributed by atoms with E-state index in [1.54, 1.807) is 12.5 Å². The van der Waals surface area contributed by atoms with Gasteiger partial charge in [-0.05, 0) is 43.0 Å². The number of pyridine rings is 2. The average Bonchev–Trinajstić information content (AvgIpc) is 2.86. The Morgan fingerprint density at radius 2 is 1.85 bits per heavy atom. The molecule has 33 heavy (non-hydrogen) atoms. The van der Waals surface area contributed by atoms with E-state index in [9.17, 15) is 0 Å². The average molecular weight is 442 g/mol. The normalized spacial score (nSPS) is 14.6. The number of rotatable bonds is 6. The van der Waals surface area contributed by atoms with Crippen molar-refractivity contribution in [1.29, 1.82) is 0 Å². The molecule has 4 heterocycles. The molecule has 0 radical (unpaired) electrons. The number of nitrogens with zero attached hydrogens (tertiary/aromatic N) is 4. The molecule has 3 aromatic heterocycles. The zero-order valence-electron chi connectivity index (χ0n) is 19.1. The molecule has 5 rings (SSSR count). The van der Waals surface area contributed by atoms with Gasteiger partial charge in [0.2, 0.25) is 0 Å². The second kappa shape index (κ2) is 9.02. The van der Waals surface area contributed by atoms with Crippen molar-refractivity contribution >= 4 is 16.7 Å². The maximum absolute atomic E-state index is 5.86. The van der Waals surface area contributed by atoms with E-state index in [0.717, 1.165) is 51.5 Å². The van der Waals surface area contributed by atoms with Crippen molar-refractivity contribution in [3.05, 3.63) is 66.2 Å². The second-order valence-electron chi connectivity index (χ2n) is 8.53. The van der Waals surface area contributed by atoms with Gasteiger partial charge in [-0.15, -0.1) is 0 Å². The highest BCUT2D eigenvalue weighted by Crippen LogP contribution is 2.38. The molecule has 0 amide bonds. The molecule has 0 spiro atoms. The Morgan fingerprint density at radius 3 is 2.76 bits per heavy atom. The highest BCUT2D eigenvalue weighted by Gasteiger charge is 2.24. The van der Waals surface area contributed by atoms with Crippen molar-refractivity contribution in [2.24, 2.45) is 5.92 Å². The van der Waals surface area contributed by atoms with Gasteiger partial charge in [-0.3, -0.25) is 4.98 Å². The van der Waals surface area contributed by atoms with Crippen LogP contribution in [0.25, 0.3) is 22.2 Å². The molecule has 1 aliphatic heterocycles. The third-order valence-electron chi connectivity index (χ3n) is 6.21. The first-order chi connectivity index (χ1) is 16.1. The van der Waals surface area contributed by atoms with Gasteiger partial charge in [0.15, 0.2) is 5.75 Å². The summed E-state index contributed by atoms with van der Waals surface area (Å²) in [5.41, 5.74) is 5.04. The predicted molar refractivity (Wildman–Crippen MR) is 129 cm³/mol. The van der Waals surface area contributed by atoms with Crippen molar-refractivity contribution in [2.45, 2.75) is 26.7 Å². The van der Waals surface area contributed by atoms with Crippen molar-refractivity contribution < 1.29 is 9.47 Å². The monoisotopic (exact) mass is 441 g/mol. The van der Waals surface area contributed by atoms with Crippen LogP contribution in [-0.4, -0.2) is 39.7 Å². The molecule has 1 aliphatic rings. The summed E-state index contributed by atoms with van der Waals surface area (Å²) in [6, 6.07) is 14.3. The van der Waals surface area contributed by atoms with Crippen molar-refractivity contribution in [2.75, 3.05) is 25.1 Å². The smallest absolute Gasteiger partial charge is 0.257 e. The first-order valence-electron chi connectivity index (χ1n) is 11.3. The fraction of sp³-hybridized carbons (Fsp3) is 0.308. The summed E-state index contributed by atoms with van der Waals surface area (Å²) in [5, 5.41) is 4.58. The van der Waals surface area contributed by atoms with Gasteiger partial charge in [0, 0.05) is 41.0 Å². The lowest BCUT2D eigenvalue weighted by molar-refractivity contribution is 0.161. The molecule has 7 heteroatoms. The lowest BCUT2D eigenvalue weighted by Gasteiger charge is -2.26. The van der Waals surface area contributed by atoms with Gasteiger partial charge in [-0.1, -0.05) is 26.0 Å². The molecule has 0 fully saturated rings. The fourth-order valence-corrected chi connectivity index (χ4v) is 4.08. The Kier molecular flexibility index (Phi) is 5.77. The van der Waals surface area contributed by atoms with Gasteiger partial charge in [0.25, 0.3) is 5.88 Å². The molecule has 2 atom stereocenters. The van der Waals surface area contributed by atoms with Gasteiger partial charge in [0.05, 0.1) is 11.2 Å². The molecule has 168 valence electrons. The molecule has 0 saturated carbocycles. The van der Waals surface area contributed by atoms with Gasteiger partial charge >= 0.3 is 0 Å². The summed E-state index contributed by atoms with van der Waals surface area (Å²) in [5.74, 6) is 2.75. The Hall–Kier alpha value is -3.74. The molecule has 1 aromatic carbocycles. The van der Waals surface area contributed by atoms with Crippen LogP contribution in [0.1, 0.15) is 31.0 Å². The summed E-state index contributed by atoms with van der Waals surface area (Å²) in [4.78, 5) is 17.8. The van der Waals surface area contributed by atoms with E-state index in [1.165, 1.54) is 0 Å². The maximum Gasteiger partial charge on any atom is 0.257 e. The number of aryl methyl sites for hydroxylation is 1. The Labute approximate surface area is 193 Å². The summed E-state index contributed by atoms with van der Waals surface area (Å²) in [6.07, 6.45) is 3.39.